The largest absolute Gasteiger partial charge is 0.485 e. The molecule has 1 aliphatic heterocycles. The second-order valence-corrected chi connectivity index (χ2v) is 5.91. The summed E-state index contributed by atoms with van der Waals surface area (Å²) in [6.07, 6.45) is 0.792. The smallest absolute Gasteiger partial charge is 0.351 e. The minimum absolute atomic E-state index is 0.00562. The Bertz CT molecular complexity index is 567. The van der Waals surface area contributed by atoms with Gasteiger partial charge in [-0.05, 0) is 32.9 Å². The number of carboxylic acids is 1. The van der Waals surface area contributed by atoms with Gasteiger partial charge in [-0.1, -0.05) is 15.9 Å². The van der Waals surface area contributed by atoms with E-state index in [4.69, 9.17) is 9.84 Å². The van der Waals surface area contributed by atoms with Gasteiger partial charge in [0, 0.05) is 16.5 Å². The van der Waals surface area contributed by atoms with Crippen LogP contribution in [0.5, 0.6) is 5.75 Å². The maximum Gasteiger partial charge on any atom is 0.351 e. The number of anilines is 1. The van der Waals surface area contributed by atoms with Gasteiger partial charge < -0.3 is 9.84 Å². The van der Waals surface area contributed by atoms with Gasteiger partial charge in [-0.3, -0.25) is 5.43 Å². The van der Waals surface area contributed by atoms with E-state index >= 15 is 0 Å². The number of carboxylic acid groups (broad SMARTS) is 1. The quantitative estimate of drug-likeness (QED) is 0.661. The van der Waals surface area contributed by atoms with Gasteiger partial charge in [0.2, 0.25) is 0 Å². The summed E-state index contributed by atoms with van der Waals surface area (Å²) >= 11 is 3.50. The summed E-state index contributed by atoms with van der Waals surface area (Å²) in [5.41, 5.74) is 4.22. The maximum absolute atomic E-state index is 10.7. The number of hydrogen-bond donors (Lipinski definition) is 2. The Kier molecular flexibility index (Phi) is 3.54. The Morgan fingerprint density at radius 3 is 2.84 bits per heavy atom. The lowest BCUT2D eigenvalue weighted by atomic mass is 10.0. The molecule has 19 heavy (non-hydrogen) atoms. The van der Waals surface area contributed by atoms with Crippen molar-refractivity contribution in [3.8, 4) is 5.75 Å². The van der Waals surface area contributed by atoms with Crippen molar-refractivity contribution in [3.05, 3.63) is 22.2 Å². The Hall–Kier alpha value is -1.56. The van der Waals surface area contributed by atoms with Gasteiger partial charge in [0.15, 0.2) is 0 Å². The average molecular weight is 327 g/mol. The van der Waals surface area contributed by atoms with Crippen molar-refractivity contribution in [2.45, 2.75) is 32.8 Å². The summed E-state index contributed by atoms with van der Waals surface area (Å²) in [4.78, 5) is 10.7. The van der Waals surface area contributed by atoms with Gasteiger partial charge in [0.05, 0.1) is 5.69 Å². The summed E-state index contributed by atoms with van der Waals surface area (Å²) in [7, 11) is 0. The molecule has 5 nitrogen and oxygen atoms in total. The van der Waals surface area contributed by atoms with E-state index in [9.17, 15) is 4.79 Å². The molecule has 102 valence electrons. The second kappa shape index (κ2) is 4.85. The predicted molar refractivity (Wildman–Crippen MR) is 76.9 cm³/mol. The second-order valence-electron chi connectivity index (χ2n) is 5.06. The SMILES string of the molecule is C/C(=N\Nc1ccc(Br)c2c1OC(C)(C)C2)C(=O)O. The van der Waals surface area contributed by atoms with Crippen LogP contribution >= 0.6 is 15.9 Å². The van der Waals surface area contributed by atoms with Crippen molar-refractivity contribution in [1.29, 1.82) is 0 Å². The summed E-state index contributed by atoms with van der Waals surface area (Å²) in [6, 6.07) is 3.71. The van der Waals surface area contributed by atoms with Gasteiger partial charge in [-0.2, -0.15) is 5.10 Å². The molecule has 2 N–H and O–H groups in total. The first-order chi connectivity index (χ1) is 8.80. The molecule has 0 fully saturated rings. The number of nitrogens with one attached hydrogen (secondary N) is 1. The van der Waals surface area contributed by atoms with Crippen LogP contribution in [0.15, 0.2) is 21.7 Å². The number of hydrazone groups is 1. The molecule has 0 spiro atoms. The molecule has 0 aromatic heterocycles. The van der Waals surface area contributed by atoms with E-state index in [1.807, 2.05) is 26.0 Å². The van der Waals surface area contributed by atoms with Gasteiger partial charge in [0.1, 0.15) is 17.1 Å². The van der Waals surface area contributed by atoms with Gasteiger partial charge >= 0.3 is 5.97 Å². The number of benzene rings is 1. The number of rotatable bonds is 3. The monoisotopic (exact) mass is 326 g/mol. The van der Waals surface area contributed by atoms with E-state index < -0.39 is 5.97 Å². The highest BCUT2D eigenvalue weighted by Gasteiger charge is 2.33. The van der Waals surface area contributed by atoms with E-state index in [-0.39, 0.29) is 11.3 Å². The number of aliphatic carboxylic acids is 1. The number of ether oxygens (including phenoxy) is 1. The molecule has 1 heterocycles. The van der Waals surface area contributed by atoms with Crippen LogP contribution in [0.1, 0.15) is 26.3 Å². The third-order valence-corrected chi connectivity index (χ3v) is 3.58. The van der Waals surface area contributed by atoms with Crippen LogP contribution < -0.4 is 10.2 Å². The molecule has 0 radical (unpaired) electrons. The van der Waals surface area contributed by atoms with E-state index in [1.54, 1.807) is 0 Å². The molecule has 0 aliphatic carbocycles. The Morgan fingerprint density at radius 1 is 1.53 bits per heavy atom. The van der Waals surface area contributed by atoms with Crippen molar-refractivity contribution in [2.24, 2.45) is 5.10 Å². The molecule has 0 saturated heterocycles. The van der Waals surface area contributed by atoms with Crippen LogP contribution in [0.25, 0.3) is 0 Å². The summed E-state index contributed by atoms with van der Waals surface area (Å²) in [5.74, 6) is -0.330. The zero-order valence-electron chi connectivity index (χ0n) is 11.0. The Balaban J connectivity index is 2.33. The molecular weight excluding hydrogens is 312 g/mol. The standard InChI is InChI=1S/C13H15BrN2O3/c1-7(12(17)18)15-16-10-5-4-9(14)8-6-13(2,3)19-11(8)10/h4-5,16H,6H2,1-3H3,(H,17,18)/b15-7+. The number of nitrogens with zero attached hydrogens (tertiary/aromatic N) is 1. The van der Waals surface area contributed by atoms with Crippen molar-refractivity contribution in [3.63, 3.8) is 0 Å². The molecule has 6 heteroatoms. The first-order valence-electron chi connectivity index (χ1n) is 5.84. The van der Waals surface area contributed by atoms with Crippen molar-refractivity contribution in [1.82, 2.24) is 0 Å². The molecule has 0 atom stereocenters. The zero-order chi connectivity index (χ0) is 14.2. The van der Waals surface area contributed by atoms with Gasteiger partial charge in [0.25, 0.3) is 0 Å². The fourth-order valence-electron chi connectivity index (χ4n) is 1.90. The van der Waals surface area contributed by atoms with E-state index in [1.165, 1.54) is 6.92 Å². The van der Waals surface area contributed by atoms with E-state index in [0.29, 0.717) is 5.69 Å². The topological polar surface area (TPSA) is 70.9 Å². The molecule has 0 unspecified atom stereocenters. The van der Waals surface area contributed by atoms with Crippen molar-refractivity contribution in [2.75, 3.05) is 5.43 Å². The Labute approximate surface area is 119 Å². The first kappa shape index (κ1) is 13.9. The normalized spacial score (nSPS) is 16.7. The lowest BCUT2D eigenvalue weighted by molar-refractivity contribution is -0.129. The minimum atomic E-state index is -1.05. The molecular formula is C13H15BrN2O3. The number of carbonyl (C=O) groups is 1. The number of halogens is 1. The predicted octanol–water partition coefficient (Wildman–Crippen LogP) is 3.04. The van der Waals surface area contributed by atoms with Crippen molar-refractivity contribution < 1.29 is 14.6 Å². The number of fused-ring (bicyclic) bond motifs is 1. The highest BCUT2D eigenvalue weighted by Crippen LogP contribution is 2.44. The van der Waals surface area contributed by atoms with Crippen molar-refractivity contribution >= 4 is 33.3 Å². The molecule has 1 aliphatic rings. The zero-order valence-corrected chi connectivity index (χ0v) is 12.5. The van der Waals surface area contributed by atoms with Crippen LogP contribution in [0.2, 0.25) is 0 Å². The molecule has 0 bridgehead atoms. The summed E-state index contributed by atoms with van der Waals surface area (Å²) in [5, 5.41) is 12.6. The van der Waals surface area contributed by atoms with Crippen LogP contribution in [0.4, 0.5) is 5.69 Å². The molecule has 2 rings (SSSR count). The third-order valence-electron chi connectivity index (χ3n) is 2.84. The summed E-state index contributed by atoms with van der Waals surface area (Å²) < 4.78 is 6.87. The highest BCUT2D eigenvalue weighted by molar-refractivity contribution is 9.10. The molecule has 0 saturated carbocycles. The van der Waals surface area contributed by atoms with E-state index in [0.717, 1.165) is 22.2 Å². The van der Waals surface area contributed by atoms with Crippen LogP contribution in [-0.4, -0.2) is 22.4 Å². The maximum atomic E-state index is 10.7. The lowest BCUT2D eigenvalue weighted by Crippen LogP contribution is -2.24. The Morgan fingerprint density at radius 2 is 2.21 bits per heavy atom. The number of hydrogen-bond acceptors (Lipinski definition) is 4. The molecule has 0 amide bonds. The fraction of sp³-hybridized carbons (Fsp3) is 0.385. The lowest BCUT2D eigenvalue weighted by Gasteiger charge is -2.18. The molecule has 1 aromatic rings. The highest BCUT2D eigenvalue weighted by atomic mass is 79.9. The average Bonchev–Trinajstić information content (AvgIpc) is 2.64. The van der Waals surface area contributed by atoms with Crippen LogP contribution in [0.3, 0.4) is 0 Å². The minimum Gasteiger partial charge on any atom is -0.485 e. The summed E-state index contributed by atoms with van der Waals surface area (Å²) in [6.45, 7) is 5.45. The van der Waals surface area contributed by atoms with E-state index in [2.05, 4.69) is 26.5 Å². The first-order valence-corrected chi connectivity index (χ1v) is 6.63. The fourth-order valence-corrected chi connectivity index (χ4v) is 2.36. The third kappa shape index (κ3) is 2.89. The van der Waals surface area contributed by atoms with Crippen LogP contribution in [0, 0.1) is 0 Å². The van der Waals surface area contributed by atoms with Gasteiger partial charge in [-0.25, -0.2) is 4.79 Å². The van der Waals surface area contributed by atoms with Gasteiger partial charge in [-0.15, -0.1) is 0 Å². The van der Waals surface area contributed by atoms with Crippen LogP contribution in [-0.2, 0) is 11.2 Å². The molecule has 1 aromatic carbocycles.